The van der Waals surface area contributed by atoms with Crippen LogP contribution in [0.4, 0.5) is 10.5 Å². The molecule has 2 aliphatic rings. The molecule has 48 heavy (non-hydrogen) atoms. The van der Waals surface area contributed by atoms with Crippen molar-refractivity contribution in [1.82, 2.24) is 19.2 Å². The second kappa shape index (κ2) is 13.7. The van der Waals surface area contributed by atoms with Crippen molar-refractivity contribution < 1.29 is 23.5 Å². The molecule has 0 aliphatic carbocycles. The Bertz CT molecular complexity index is 1740. The predicted molar refractivity (Wildman–Crippen MR) is 190 cm³/mol. The molecular weight excluding hydrogens is 671 g/mol. The lowest BCUT2D eigenvalue weighted by molar-refractivity contribution is -0.0394. The van der Waals surface area contributed by atoms with Crippen molar-refractivity contribution in [3.63, 3.8) is 0 Å². The number of aromatic nitrogens is 3. The molecule has 5 rings (SSSR count). The summed E-state index contributed by atoms with van der Waals surface area (Å²) in [4.78, 5) is 31.2. The number of amides is 2. The first-order chi connectivity index (χ1) is 22.4. The lowest BCUT2D eigenvalue weighted by atomic mass is 10.0. The molecule has 1 saturated heterocycles. The number of nitrogens with zero attached hydrogens (tertiary/aromatic N) is 6. The van der Waals surface area contributed by atoms with Gasteiger partial charge in [-0.3, -0.25) is 9.69 Å². The van der Waals surface area contributed by atoms with E-state index in [9.17, 15) is 14.9 Å². The normalized spacial score (nSPS) is 17.4. The first kappa shape index (κ1) is 36.2. The molecule has 1 unspecified atom stereocenters. The highest BCUT2D eigenvalue weighted by Crippen LogP contribution is 2.48. The Kier molecular flexibility index (Phi) is 10.3. The Hall–Kier alpha value is -3.08. The summed E-state index contributed by atoms with van der Waals surface area (Å²) in [6, 6.07) is 3.65. The molecule has 11 nitrogen and oxygen atoms in total. The van der Waals surface area contributed by atoms with E-state index in [4.69, 9.17) is 37.1 Å². The number of halogens is 2. The van der Waals surface area contributed by atoms with Crippen LogP contribution in [0.3, 0.4) is 0 Å². The number of fused-ring (bicyclic) bond motifs is 3. The Labute approximate surface area is 293 Å². The number of anilines is 1. The molecule has 0 N–H and O–H groups in total. The van der Waals surface area contributed by atoms with Crippen LogP contribution in [-0.2, 0) is 20.4 Å². The number of benzene rings is 1. The van der Waals surface area contributed by atoms with Crippen LogP contribution in [-0.4, -0.2) is 78.0 Å². The van der Waals surface area contributed by atoms with Gasteiger partial charge in [0.1, 0.15) is 24.1 Å². The molecule has 4 heterocycles. The molecule has 1 aromatic carbocycles. The summed E-state index contributed by atoms with van der Waals surface area (Å²) in [5.74, 6) is -0.199. The Morgan fingerprint density at radius 1 is 1.19 bits per heavy atom. The van der Waals surface area contributed by atoms with Crippen molar-refractivity contribution in [3.05, 3.63) is 34.2 Å². The molecule has 0 radical (unpaired) electrons. The van der Waals surface area contributed by atoms with Crippen molar-refractivity contribution in [2.75, 3.05) is 37.7 Å². The van der Waals surface area contributed by atoms with Crippen LogP contribution in [0.1, 0.15) is 77.5 Å². The van der Waals surface area contributed by atoms with Gasteiger partial charge in [-0.2, -0.15) is 10.4 Å². The van der Waals surface area contributed by atoms with Gasteiger partial charge < -0.3 is 23.4 Å². The lowest BCUT2D eigenvalue weighted by Gasteiger charge is -2.37. The van der Waals surface area contributed by atoms with Crippen LogP contribution in [0.15, 0.2) is 18.5 Å². The fourth-order valence-electron chi connectivity index (χ4n) is 5.91. The maximum absolute atomic E-state index is 14.5. The van der Waals surface area contributed by atoms with Crippen LogP contribution in [0.2, 0.25) is 28.2 Å². The molecule has 0 saturated carbocycles. The molecule has 260 valence electrons. The first-order valence-corrected chi connectivity index (χ1v) is 20.1. The van der Waals surface area contributed by atoms with Crippen LogP contribution in [0.25, 0.3) is 22.0 Å². The van der Waals surface area contributed by atoms with E-state index in [1.165, 1.54) is 4.90 Å². The van der Waals surface area contributed by atoms with Crippen LogP contribution < -0.4 is 4.90 Å². The van der Waals surface area contributed by atoms with E-state index >= 15 is 0 Å². The minimum atomic E-state index is -2.03. The third-order valence-electron chi connectivity index (χ3n) is 9.39. The summed E-state index contributed by atoms with van der Waals surface area (Å²) in [6.07, 6.45) is 5.45. The van der Waals surface area contributed by atoms with E-state index < -0.39 is 20.0 Å². The Morgan fingerprint density at radius 3 is 2.54 bits per heavy atom. The number of hydrogen-bond acceptors (Lipinski definition) is 7. The van der Waals surface area contributed by atoms with Crippen LogP contribution in [0.5, 0.6) is 0 Å². The summed E-state index contributed by atoms with van der Waals surface area (Å²) in [5.41, 5.74) is 1.59. The number of carbonyl (C=O) groups excluding carboxylic acids is 2. The predicted octanol–water partition coefficient (Wildman–Crippen LogP) is 8.25. The number of nitriles is 1. The van der Waals surface area contributed by atoms with Crippen molar-refractivity contribution >= 4 is 60.1 Å². The third kappa shape index (κ3) is 7.12. The van der Waals surface area contributed by atoms with Gasteiger partial charge in [0.2, 0.25) is 0 Å². The average Bonchev–Trinajstić information content (AvgIpc) is 3.62. The van der Waals surface area contributed by atoms with Crippen molar-refractivity contribution in [2.24, 2.45) is 0 Å². The molecule has 0 bridgehead atoms. The molecule has 1 fully saturated rings. The maximum atomic E-state index is 14.5. The van der Waals surface area contributed by atoms with Gasteiger partial charge in [0.15, 0.2) is 8.32 Å². The maximum Gasteiger partial charge on any atom is 0.415 e. The van der Waals surface area contributed by atoms with Gasteiger partial charge in [-0.15, -0.1) is 0 Å². The van der Waals surface area contributed by atoms with Crippen molar-refractivity contribution in [2.45, 2.75) is 97.3 Å². The molecule has 2 aliphatic heterocycles. The summed E-state index contributed by atoms with van der Waals surface area (Å²) >= 11 is 13.7. The second-order valence-corrected chi connectivity index (χ2v) is 20.5. The second-order valence-electron chi connectivity index (χ2n) is 14.9. The zero-order valence-electron chi connectivity index (χ0n) is 29.2. The van der Waals surface area contributed by atoms with E-state index in [0.717, 1.165) is 19.3 Å². The molecular formula is C34H46Cl2N6O5Si. The average molecular weight is 718 g/mol. The highest BCUT2D eigenvalue weighted by Gasteiger charge is 2.39. The van der Waals surface area contributed by atoms with E-state index in [0.29, 0.717) is 66.3 Å². The van der Waals surface area contributed by atoms with E-state index in [-0.39, 0.29) is 33.8 Å². The smallest absolute Gasteiger partial charge is 0.415 e. The monoisotopic (exact) mass is 716 g/mol. The summed E-state index contributed by atoms with van der Waals surface area (Å²) in [5, 5.41) is 15.5. The lowest BCUT2D eigenvalue weighted by Crippen LogP contribution is -2.45. The summed E-state index contributed by atoms with van der Waals surface area (Å²) in [7, 11) is -2.03. The fraction of sp³-hybridized carbons (Fsp3) is 0.588. The fourth-order valence-corrected chi connectivity index (χ4v) is 7.39. The number of ether oxygens (including phenoxy) is 2. The molecule has 3 aromatic rings. The zero-order chi connectivity index (χ0) is 35.2. The zero-order valence-corrected chi connectivity index (χ0v) is 31.7. The largest absolute Gasteiger partial charge is 0.443 e. The standard InChI is InChI=1S/C34H46Cl2N6O5Si/c1-33(2,3)47-32(44)40(13-12-37)24-19-23(35)28(36)29-27(24)26(22-20-38-42(21-22)25-11-9-10-17-45-25)30-31(43)39(14-15-41(29)30)16-18-46-48(7,8)34(4,5)6/h19-21,25H,9-11,13-18H2,1-8H3. The van der Waals surface area contributed by atoms with Crippen molar-refractivity contribution in [1.29, 1.82) is 5.26 Å². The Balaban J connectivity index is 1.69. The summed E-state index contributed by atoms with van der Waals surface area (Å²) < 4.78 is 21.8. The minimum Gasteiger partial charge on any atom is -0.443 e. The van der Waals surface area contributed by atoms with E-state index in [1.54, 1.807) is 42.6 Å². The minimum absolute atomic E-state index is 0.0383. The van der Waals surface area contributed by atoms with Crippen LogP contribution in [0, 0.1) is 11.3 Å². The van der Waals surface area contributed by atoms with Gasteiger partial charge >= 0.3 is 6.09 Å². The molecule has 2 amide bonds. The van der Waals surface area contributed by atoms with Gasteiger partial charge in [-0.1, -0.05) is 44.0 Å². The SMILES string of the molecule is CC(C)(C)OC(=O)N(CC#N)c1cc(Cl)c(Cl)c2c1c(-c1cnn(C3CCCCO3)c1)c1n2CCN(CCO[Si](C)(C)C(C)(C)C)C1=O. The summed E-state index contributed by atoms with van der Waals surface area (Å²) in [6.45, 7) is 18.2. The number of carbonyl (C=O) groups is 2. The number of hydrogen-bond donors (Lipinski definition) is 0. The van der Waals surface area contributed by atoms with E-state index in [1.807, 2.05) is 10.8 Å². The van der Waals surface area contributed by atoms with Gasteiger partial charge in [-0.25, -0.2) is 9.48 Å². The van der Waals surface area contributed by atoms with Gasteiger partial charge in [0.05, 0.1) is 40.1 Å². The highest BCUT2D eigenvalue weighted by atomic mass is 35.5. The molecule has 0 spiro atoms. The third-order valence-corrected chi connectivity index (χ3v) is 14.7. The molecule has 2 aromatic heterocycles. The highest BCUT2D eigenvalue weighted by molar-refractivity contribution is 6.74. The molecule has 1 atom stereocenters. The topological polar surface area (TPSA) is 115 Å². The van der Waals surface area contributed by atoms with Gasteiger partial charge in [-0.05, 0) is 64.2 Å². The van der Waals surface area contributed by atoms with Crippen molar-refractivity contribution in [3.8, 4) is 17.2 Å². The van der Waals surface area contributed by atoms with Gasteiger partial charge in [0, 0.05) is 49.0 Å². The quantitative estimate of drug-likeness (QED) is 0.170. The van der Waals surface area contributed by atoms with E-state index in [2.05, 4.69) is 45.0 Å². The van der Waals surface area contributed by atoms with Gasteiger partial charge in [0.25, 0.3) is 5.91 Å². The number of rotatable bonds is 8. The first-order valence-electron chi connectivity index (χ1n) is 16.5. The van der Waals surface area contributed by atoms with Crippen LogP contribution >= 0.6 is 23.2 Å². The molecule has 14 heteroatoms. The Morgan fingerprint density at radius 2 is 1.92 bits per heavy atom.